The van der Waals surface area contributed by atoms with Crippen LogP contribution in [0.15, 0.2) is 24.3 Å². The number of amides is 2. The number of piperidine rings is 1. The number of likely N-dealkylation sites (tertiary alicyclic amines) is 1. The summed E-state index contributed by atoms with van der Waals surface area (Å²) in [6.45, 7) is 9.37. The predicted molar refractivity (Wildman–Crippen MR) is 109 cm³/mol. The molecule has 1 saturated heterocycles. The Labute approximate surface area is 168 Å². The van der Waals surface area contributed by atoms with Crippen LogP contribution in [0.5, 0.6) is 5.75 Å². The van der Waals surface area contributed by atoms with E-state index in [1.54, 1.807) is 0 Å². The third kappa shape index (κ3) is 6.11. The maximum atomic E-state index is 12.9. The standard InChI is InChI=1S/C20H31N3O3.ClH/c1-5-26-17-9-7-6-8-15(17)16(22-14(2)24)12-19(25)23-11-10-18(21)20(3,4)13-23;/h6-9,16,18H,5,10-13,21H2,1-4H3,(H,22,24);1H. The van der Waals surface area contributed by atoms with E-state index in [9.17, 15) is 9.59 Å². The minimum Gasteiger partial charge on any atom is -0.494 e. The molecule has 1 aromatic rings. The van der Waals surface area contributed by atoms with E-state index in [2.05, 4.69) is 19.2 Å². The van der Waals surface area contributed by atoms with E-state index in [0.717, 1.165) is 12.0 Å². The lowest BCUT2D eigenvalue weighted by molar-refractivity contribution is -0.135. The Morgan fingerprint density at radius 1 is 1.37 bits per heavy atom. The number of nitrogens with two attached hydrogens (primary N) is 1. The number of rotatable bonds is 6. The highest BCUT2D eigenvalue weighted by atomic mass is 35.5. The van der Waals surface area contributed by atoms with Crippen LogP contribution in [0, 0.1) is 5.41 Å². The average molecular weight is 398 g/mol. The van der Waals surface area contributed by atoms with Crippen molar-refractivity contribution in [2.75, 3.05) is 19.7 Å². The number of benzene rings is 1. The zero-order valence-electron chi connectivity index (χ0n) is 16.7. The number of hydrogen-bond donors (Lipinski definition) is 2. The van der Waals surface area contributed by atoms with Gasteiger partial charge in [0, 0.05) is 31.6 Å². The summed E-state index contributed by atoms with van der Waals surface area (Å²) in [7, 11) is 0. The first-order valence-electron chi connectivity index (χ1n) is 9.26. The molecule has 0 bridgehead atoms. The SMILES string of the molecule is CCOc1ccccc1C(CC(=O)N1CCC(N)C(C)(C)C1)NC(C)=O.Cl. The molecule has 2 rings (SSSR count). The summed E-state index contributed by atoms with van der Waals surface area (Å²) >= 11 is 0. The highest BCUT2D eigenvalue weighted by Crippen LogP contribution is 2.31. The number of halogens is 1. The molecule has 2 unspecified atom stereocenters. The molecule has 2 amide bonds. The summed E-state index contributed by atoms with van der Waals surface area (Å²) < 4.78 is 5.68. The smallest absolute Gasteiger partial charge is 0.225 e. The van der Waals surface area contributed by atoms with Crippen LogP contribution in [0.1, 0.15) is 52.1 Å². The maximum absolute atomic E-state index is 12.9. The van der Waals surface area contributed by atoms with Crippen molar-refractivity contribution in [3.63, 3.8) is 0 Å². The van der Waals surface area contributed by atoms with Gasteiger partial charge >= 0.3 is 0 Å². The Kier molecular flexibility index (Phi) is 8.57. The summed E-state index contributed by atoms with van der Waals surface area (Å²) in [6, 6.07) is 7.21. The van der Waals surface area contributed by atoms with Gasteiger partial charge in [-0.05, 0) is 24.8 Å². The molecule has 0 spiro atoms. The fourth-order valence-corrected chi connectivity index (χ4v) is 3.43. The molecular weight excluding hydrogens is 366 g/mol. The molecule has 2 atom stereocenters. The third-order valence-corrected chi connectivity index (χ3v) is 5.02. The summed E-state index contributed by atoms with van der Waals surface area (Å²) in [5, 5.41) is 2.90. The maximum Gasteiger partial charge on any atom is 0.225 e. The second kappa shape index (κ2) is 9.95. The van der Waals surface area contributed by atoms with Crippen LogP contribution in [0.25, 0.3) is 0 Å². The largest absolute Gasteiger partial charge is 0.494 e. The van der Waals surface area contributed by atoms with Crippen LogP contribution in [0.4, 0.5) is 0 Å². The van der Waals surface area contributed by atoms with Gasteiger partial charge in [0.1, 0.15) is 5.75 Å². The Bertz CT molecular complexity index is 651. The van der Waals surface area contributed by atoms with Gasteiger partial charge in [-0.3, -0.25) is 9.59 Å². The predicted octanol–water partition coefficient (Wildman–Crippen LogP) is 2.66. The van der Waals surface area contributed by atoms with Gasteiger partial charge in [0.15, 0.2) is 0 Å². The molecule has 0 radical (unpaired) electrons. The van der Waals surface area contributed by atoms with Crippen molar-refractivity contribution < 1.29 is 14.3 Å². The van der Waals surface area contributed by atoms with E-state index in [1.807, 2.05) is 36.1 Å². The van der Waals surface area contributed by atoms with Crippen LogP contribution in [-0.2, 0) is 9.59 Å². The molecule has 27 heavy (non-hydrogen) atoms. The van der Waals surface area contributed by atoms with E-state index in [1.165, 1.54) is 6.92 Å². The quantitative estimate of drug-likeness (QED) is 0.772. The van der Waals surface area contributed by atoms with Gasteiger partial charge in [-0.15, -0.1) is 12.4 Å². The number of carbonyl (C=O) groups excluding carboxylic acids is 2. The van der Waals surface area contributed by atoms with Gasteiger partial charge in [0.05, 0.1) is 19.1 Å². The van der Waals surface area contributed by atoms with E-state index in [0.29, 0.717) is 25.4 Å². The monoisotopic (exact) mass is 397 g/mol. The van der Waals surface area contributed by atoms with Crippen molar-refractivity contribution in [1.29, 1.82) is 0 Å². The van der Waals surface area contributed by atoms with Crippen molar-refractivity contribution in [3.05, 3.63) is 29.8 Å². The van der Waals surface area contributed by atoms with Gasteiger partial charge < -0.3 is 20.7 Å². The third-order valence-electron chi connectivity index (χ3n) is 5.02. The minimum atomic E-state index is -0.415. The molecule has 1 aromatic carbocycles. The lowest BCUT2D eigenvalue weighted by Gasteiger charge is -2.43. The molecule has 7 heteroatoms. The normalized spacial score (nSPS) is 19.6. The van der Waals surface area contributed by atoms with Crippen LogP contribution in [0.2, 0.25) is 0 Å². The molecule has 152 valence electrons. The molecular formula is C20H32ClN3O3. The van der Waals surface area contributed by atoms with Gasteiger partial charge in [-0.1, -0.05) is 32.0 Å². The average Bonchev–Trinajstić information content (AvgIpc) is 2.57. The van der Waals surface area contributed by atoms with Crippen LogP contribution >= 0.6 is 12.4 Å². The van der Waals surface area contributed by atoms with E-state index < -0.39 is 6.04 Å². The molecule has 1 aliphatic rings. The molecule has 6 nitrogen and oxygen atoms in total. The summed E-state index contributed by atoms with van der Waals surface area (Å²) in [4.78, 5) is 26.5. The fourth-order valence-electron chi connectivity index (χ4n) is 3.43. The Morgan fingerprint density at radius 3 is 2.63 bits per heavy atom. The Balaban J connectivity index is 0.00000364. The fraction of sp³-hybridized carbons (Fsp3) is 0.600. The minimum absolute atomic E-state index is 0. The van der Waals surface area contributed by atoms with E-state index >= 15 is 0 Å². The summed E-state index contributed by atoms with van der Waals surface area (Å²) in [5.41, 5.74) is 6.89. The number of nitrogens with zero attached hydrogens (tertiary/aromatic N) is 1. The van der Waals surface area contributed by atoms with Gasteiger partial charge in [-0.2, -0.15) is 0 Å². The summed E-state index contributed by atoms with van der Waals surface area (Å²) in [6.07, 6.45) is 0.994. The van der Waals surface area contributed by atoms with E-state index in [4.69, 9.17) is 10.5 Å². The zero-order valence-corrected chi connectivity index (χ0v) is 17.5. The van der Waals surface area contributed by atoms with Crippen molar-refractivity contribution in [1.82, 2.24) is 10.2 Å². The second-order valence-electron chi connectivity index (χ2n) is 7.63. The first-order chi connectivity index (χ1) is 12.2. The van der Waals surface area contributed by atoms with E-state index in [-0.39, 0.29) is 42.1 Å². The van der Waals surface area contributed by atoms with Crippen molar-refractivity contribution >= 4 is 24.2 Å². The van der Waals surface area contributed by atoms with Crippen molar-refractivity contribution in [2.45, 2.75) is 52.6 Å². The molecule has 0 aliphatic carbocycles. The van der Waals surface area contributed by atoms with Crippen molar-refractivity contribution in [2.24, 2.45) is 11.1 Å². The molecule has 0 saturated carbocycles. The molecule has 3 N–H and O–H groups in total. The molecule has 0 aromatic heterocycles. The van der Waals surface area contributed by atoms with Crippen LogP contribution in [0.3, 0.4) is 0 Å². The van der Waals surface area contributed by atoms with Crippen LogP contribution in [-0.4, -0.2) is 42.5 Å². The second-order valence-corrected chi connectivity index (χ2v) is 7.63. The number of hydrogen-bond acceptors (Lipinski definition) is 4. The first-order valence-corrected chi connectivity index (χ1v) is 9.26. The van der Waals surface area contributed by atoms with Crippen molar-refractivity contribution in [3.8, 4) is 5.75 Å². The molecule has 1 heterocycles. The Hall–Kier alpha value is -1.79. The topological polar surface area (TPSA) is 84.7 Å². The number of carbonyl (C=O) groups is 2. The number of ether oxygens (including phenoxy) is 1. The zero-order chi connectivity index (χ0) is 19.3. The summed E-state index contributed by atoms with van der Waals surface area (Å²) in [5.74, 6) is 0.549. The van der Waals surface area contributed by atoms with Crippen LogP contribution < -0.4 is 15.8 Å². The lowest BCUT2D eigenvalue weighted by atomic mass is 9.79. The Morgan fingerprint density at radius 2 is 2.04 bits per heavy atom. The molecule has 1 fully saturated rings. The highest BCUT2D eigenvalue weighted by Gasteiger charge is 2.36. The molecule has 1 aliphatic heterocycles. The first kappa shape index (κ1) is 23.2. The number of nitrogens with one attached hydrogen (secondary N) is 1. The highest BCUT2D eigenvalue weighted by molar-refractivity contribution is 5.85. The van der Waals surface area contributed by atoms with Gasteiger partial charge in [0.25, 0.3) is 0 Å². The lowest BCUT2D eigenvalue weighted by Crippen LogP contribution is -2.54. The number of para-hydroxylation sites is 1. The van der Waals surface area contributed by atoms with Gasteiger partial charge in [0.2, 0.25) is 11.8 Å². The van der Waals surface area contributed by atoms with Gasteiger partial charge in [-0.25, -0.2) is 0 Å².